The minimum atomic E-state index is -0.459. The molecule has 0 bridgehead atoms. The Kier molecular flexibility index (Phi) is 5.78. The van der Waals surface area contributed by atoms with Crippen LogP contribution in [0.5, 0.6) is 0 Å². The van der Waals surface area contributed by atoms with Gasteiger partial charge in [0.05, 0.1) is 19.3 Å². The molecule has 1 rings (SSSR count). The van der Waals surface area contributed by atoms with E-state index in [-0.39, 0.29) is 6.10 Å². The van der Waals surface area contributed by atoms with Gasteiger partial charge in [-0.2, -0.15) is 11.8 Å². The fourth-order valence-electron chi connectivity index (χ4n) is 1.18. The second kappa shape index (κ2) is 6.65. The van der Waals surface area contributed by atoms with E-state index in [0.29, 0.717) is 6.61 Å². The van der Waals surface area contributed by atoms with Gasteiger partial charge in [-0.05, 0) is 6.42 Å². The van der Waals surface area contributed by atoms with Crippen molar-refractivity contribution in [1.29, 1.82) is 0 Å². The quantitative estimate of drug-likeness (QED) is 0.679. The summed E-state index contributed by atoms with van der Waals surface area (Å²) in [5, 5.41) is 9.64. The topological polar surface area (TPSA) is 38.7 Å². The lowest BCUT2D eigenvalue weighted by Gasteiger charge is -2.26. The molecule has 1 saturated heterocycles. The predicted octanol–water partition coefficient (Wildman–Crippen LogP) is 0.906. The maximum atomic E-state index is 9.64. The first kappa shape index (κ1) is 11.3. The van der Waals surface area contributed by atoms with Crippen LogP contribution in [0.25, 0.3) is 0 Å². The van der Waals surface area contributed by atoms with Gasteiger partial charge in [-0.25, -0.2) is 0 Å². The summed E-state index contributed by atoms with van der Waals surface area (Å²) in [5.74, 6) is 1.93. The van der Waals surface area contributed by atoms with E-state index in [1.165, 1.54) is 0 Å². The van der Waals surface area contributed by atoms with E-state index in [9.17, 15) is 5.11 Å². The Morgan fingerprint density at radius 2 is 2.54 bits per heavy atom. The lowest BCUT2D eigenvalue weighted by Crippen LogP contribution is -2.38. The molecule has 0 aromatic rings. The average molecular weight is 206 g/mol. The molecule has 1 N–H and O–H groups in total. The Bertz CT molecular complexity index is 126. The minimum Gasteiger partial charge on any atom is -0.388 e. The normalized spacial score (nSPS) is 25.8. The van der Waals surface area contributed by atoms with Crippen molar-refractivity contribution in [3.63, 3.8) is 0 Å². The van der Waals surface area contributed by atoms with Crippen LogP contribution in [0, 0.1) is 0 Å². The molecule has 13 heavy (non-hydrogen) atoms. The minimum absolute atomic E-state index is 0.0318. The molecule has 78 valence electrons. The van der Waals surface area contributed by atoms with Crippen molar-refractivity contribution in [2.75, 3.05) is 31.3 Å². The Morgan fingerprint density at radius 1 is 1.69 bits per heavy atom. The fourth-order valence-corrected chi connectivity index (χ4v) is 2.12. The van der Waals surface area contributed by atoms with Crippen LogP contribution in [0.2, 0.25) is 0 Å². The fraction of sp³-hybridized carbons (Fsp3) is 1.00. The van der Waals surface area contributed by atoms with Crippen molar-refractivity contribution >= 4 is 11.8 Å². The molecule has 1 aliphatic rings. The second-order valence-electron chi connectivity index (χ2n) is 3.13. The molecular weight excluding hydrogens is 188 g/mol. The van der Waals surface area contributed by atoms with E-state index in [1.54, 1.807) is 0 Å². The highest BCUT2D eigenvalue weighted by molar-refractivity contribution is 7.99. The second-order valence-corrected chi connectivity index (χ2v) is 4.28. The van der Waals surface area contributed by atoms with Gasteiger partial charge in [-0.1, -0.05) is 6.92 Å². The highest BCUT2D eigenvalue weighted by Gasteiger charge is 2.22. The molecule has 2 atom stereocenters. The number of ether oxygens (including phenoxy) is 2. The maximum Gasteiger partial charge on any atom is 0.104 e. The van der Waals surface area contributed by atoms with Crippen LogP contribution < -0.4 is 0 Å². The molecular formula is C9H18O3S. The zero-order valence-corrected chi connectivity index (χ0v) is 8.89. The lowest BCUT2D eigenvalue weighted by molar-refractivity contribution is -0.0602. The molecule has 0 saturated carbocycles. The SMILES string of the molecule is CCCOCC(O)C1CSCCO1. The van der Waals surface area contributed by atoms with Crippen LogP contribution in [-0.4, -0.2) is 48.6 Å². The highest BCUT2D eigenvalue weighted by atomic mass is 32.2. The number of rotatable bonds is 5. The van der Waals surface area contributed by atoms with Gasteiger partial charge < -0.3 is 14.6 Å². The van der Waals surface area contributed by atoms with Crippen LogP contribution in [0.4, 0.5) is 0 Å². The molecule has 0 aliphatic carbocycles. The Labute approximate surface area is 83.8 Å². The number of aliphatic hydroxyl groups excluding tert-OH is 1. The van der Waals surface area contributed by atoms with E-state index in [0.717, 1.165) is 31.1 Å². The molecule has 0 spiro atoms. The van der Waals surface area contributed by atoms with Crippen LogP contribution in [0.3, 0.4) is 0 Å². The zero-order valence-electron chi connectivity index (χ0n) is 8.07. The number of thioether (sulfide) groups is 1. The molecule has 2 unspecified atom stereocenters. The molecule has 1 aliphatic heterocycles. The van der Waals surface area contributed by atoms with Crippen LogP contribution in [-0.2, 0) is 9.47 Å². The van der Waals surface area contributed by atoms with Gasteiger partial charge in [0.1, 0.15) is 6.10 Å². The molecule has 0 amide bonds. The van der Waals surface area contributed by atoms with E-state index in [4.69, 9.17) is 9.47 Å². The smallest absolute Gasteiger partial charge is 0.104 e. The average Bonchev–Trinajstić information content (AvgIpc) is 2.19. The molecule has 0 radical (unpaired) electrons. The summed E-state index contributed by atoms with van der Waals surface area (Å²) in [4.78, 5) is 0. The Morgan fingerprint density at radius 3 is 3.15 bits per heavy atom. The molecule has 1 heterocycles. The third kappa shape index (κ3) is 4.31. The standard InChI is InChI=1S/C9H18O3S/c1-2-3-11-6-8(10)9-7-13-5-4-12-9/h8-10H,2-7H2,1H3. The number of aliphatic hydroxyl groups is 1. The van der Waals surface area contributed by atoms with Gasteiger partial charge in [0.15, 0.2) is 0 Å². The van der Waals surface area contributed by atoms with Crippen LogP contribution in [0.1, 0.15) is 13.3 Å². The van der Waals surface area contributed by atoms with Gasteiger partial charge >= 0.3 is 0 Å². The number of hydrogen-bond donors (Lipinski definition) is 1. The van der Waals surface area contributed by atoms with Crippen molar-refractivity contribution in [3.8, 4) is 0 Å². The third-order valence-corrected chi connectivity index (χ3v) is 2.93. The molecule has 4 heteroatoms. The summed E-state index contributed by atoms with van der Waals surface area (Å²) in [6, 6.07) is 0. The largest absolute Gasteiger partial charge is 0.388 e. The van der Waals surface area contributed by atoms with Gasteiger partial charge in [0.25, 0.3) is 0 Å². The monoisotopic (exact) mass is 206 g/mol. The Hall–Kier alpha value is 0.230. The summed E-state index contributed by atoms with van der Waals surface area (Å²) in [6.45, 7) is 3.93. The van der Waals surface area contributed by atoms with Crippen molar-refractivity contribution in [3.05, 3.63) is 0 Å². The predicted molar refractivity (Wildman–Crippen MR) is 54.2 cm³/mol. The van der Waals surface area contributed by atoms with Crippen molar-refractivity contribution < 1.29 is 14.6 Å². The van der Waals surface area contributed by atoms with E-state index in [1.807, 2.05) is 11.8 Å². The first-order valence-electron chi connectivity index (χ1n) is 4.79. The summed E-state index contributed by atoms with van der Waals surface area (Å²) in [7, 11) is 0. The zero-order chi connectivity index (χ0) is 9.52. The van der Waals surface area contributed by atoms with Gasteiger partial charge in [-0.3, -0.25) is 0 Å². The van der Waals surface area contributed by atoms with Crippen molar-refractivity contribution in [2.24, 2.45) is 0 Å². The maximum absolute atomic E-state index is 9.64. The van der Waals surface area contributed by atoms with Crippen LogP contribution >= 0.6 is 11.8 Å². The van der Waals surface area contributed by atoms with Crippen LogP contribution in [0.15, 0.2) is 0 Å². The molecule has 0 aromatic carbocycles. The molecule has 1 fully saturated rings. The summed E-state index contributed by atoms with van der Waals surface area (Å²) in [6.07, 6.45) is 0.502. The van der Waals surface area contributed by atoms with Gasteiger partial charge in [0.2, 0.25) is 0 Å². The van der Waals surface area contributed by atoms with E-state index in [2.05, 4.69) is 6.92 Å². The van der Waals surface area contributed by atoms with Crippen molar-refractivity contribution in [2.45, 2.75) is 25.6 Å². The van der Waals surface area contributed by atoms with E-state index < -0.39 is 6.10 Å². The summed E-state index contributed by atoms with van der Waals surface area (Å²) < 4.78 is 10.7. The van der Waals surface area contributed by atoms with E-state index >= 15 is 0 Å². The Balaban J connectivity index is 2.09. The summed E-state index contributed by atoms with van der Waals surface area (Å²) in [5.41, 5.74) is 0. The highest BCUT2D eigenvalue weighted by Crippen LogP contribution is 2.15. The summed E-state index contributed by atoms with van der Waals surface area (Å²) >= 11 is 1.83. The van der Waals surface area contributed by atoms with Crippen molar-refractivity contribution in [1.82, 2.24) is 0 Å². The lowest BCUT2D eigenvalue weighted by atomic mass is 10.2. The first-order valence-corrected chi connectivity index (χ1v) is 5.95. The van der Waals surface area contributed by atoms with Gasteiger partial charge in [-0.15, -0.1) is 0 Å². The first-order chi connectivity index (χ1) is 6.34. The molecule has 0 aromatic heterocycles. The molecule has 3 nitrogen and oxygen atoms in total. The third-order valence-electron chi connectivity index (χ3n) is 1.91. The van der Waals surface area contributed by atoms with Gasteiger partial charge in [0, 0.05) is 18.1 Å². The number of hydrogen-bond acceptors (Lipinski definition) is 4.